The lowest BCUT2D eigenvalue weighted by Crippen LogP contribution is -2.58. The third kappa shape index (κ3) is 11.5. The summed E-state index contributed by atoms with van der Waals surface area (Å²) in [6.45, 7) is 6.11. The first-order valence-corrected chi connectivity index (χ1v) is 16.6. The first-order chi connectivity index (χ1) is 21.9. The summed E-state index contributed by atoms with van der Waals surface area (Å²) in [6, 6.07) is 5.87. The Kier molecular flexibility index (Phi) is 14.7. The zero-order valence-corrected chi connectivity index (χ0v) is 28.1. The second-order valence-corrected chi connectivity index (χ2v) is 13.6. The molecule has 6 unspecified atom stereocenters. The SMILES string of the molecule is BN1CCCC(C(=O)NC(Cc2ccccc2)C(=O)NC(CCCN(C)C)C(=O)NC(CC(C)C)C(=O)N2CC(O)CC2C=O)C1. The quantitative estimate of drug-likeness (QED) is 0.139. The number of nitrogens with one attached hydrogen (secondary N) is 3. The van der Waals surface area contributed by atoms with Gasteiger partial charge in [0.15, 0.2) is 7.98 Å². The first-order valence-electron chi connectivity index (χ1n) is 16.6. The van der Waals surface area contributed by atoms with Gasteiger partial charge in [0.1, 0.15) is 24.4 Å². The number of amides is 4. The molecular weight excluding hydrogens is 587 g/mol. The number of benzene rings is 1. The number of carbonyl (C=O) groups excluding carboxylic acids is 5. The van der Waals surface area contributed by atoms with E-state index in [9.17, 15) is 29.1 Å². The number of piperidine rings is 1. The first kappa shape index (κ1) is 37.2. The number of hydrogen-bond acceptors (Lipinski definition) is 8. The van der Waals surface area contributed by atoms with E-state index in [0.29, 0.717) is 38.6 Å². The van der Waals surface area contributed by atoms with Crippen LogP contribution in [0.2, 0.25) is 0 Å². The highest BCUT2D eigenvalue weighted by Gasteiger charge is 2.39. The molecule has 46 heavy (non-hydrogen) atoms. The summed E-state index contributed by atoms with van der Waals surface area (Å²) < 4.78 is 0. The van der Waals surface area contributed by atoms with Crippen molar-refractivity contribution < 1.29 is 29.1 Å². The van der Waals surface area contributed by atoms with Crippen molar-refractivity contribution in [3.8, 4) is 0 Å². The van der Waals surface area contributed by atoms with Crippen molar-refractivity contribution >= 4 is 37.9 Å². The number of aliphatic hydroxyl groups excluding tert-OH is 1. The van der Waals surface area contributed by atoms with Crippen LogP contribution in [-0.2, 0) is 30.4 Å². The highest BCUT2D eigenvalue weighted by molar-refractivity contribution is 6.04. The predicted octanol–water partition coefficient (Wildman–Crippen LogP) is -0.508. The van der Waals surface area contributed by atoms with Crippen molar-refractivity contribution in [1.82, 2.24) is 30.6 Å². The summed E-state index contributed by atoms with van der Waals surface area (Å²) in [7, 11) is 5.83. The van der Waals surface area contributed by atoms with Gasteiger partial charge < -0.3 is 40.5 Å². The molecule has 2 saturated heterocycles. The average Bonchev–Trinajstić information content (AvgIpc) is 3.40. The zero-order valence-electron chi connectivity index (χ0n) is 28.1. The molecule has 0 spiro atoms. The van der Waals surface area contributed by atoms with Crippen LogP contribution in [0.5, 0.6) is 0 Å². The minimum absolute atomic E-state index is 0.0212. The molecule has 254 valence electrons. The second-order valence-electron chi connectivity index (χ2n) is 13.6. The normalized spacial score (nSPS) is 22.2. The number of rotatable bonds is 16. The summed E-state index contributed by atoms with van der Waals surface area (Å²) in [5, 5.41) is 18.9. The van der Waals surface area contributed by atoms with Gasteiger partial charge in [-0.2, -0.15) is 0 Å². The third-order valence-electron chi connectivity index (χ3n) is 8.73. The van der Waals surface area contributed by atoms with Crippen LogP contribution in [0.3, 0.4) is 0 Å². The van der Waals surface area contributed by atoms with Crippen molar-refractivity contribution in [3.63, 3.8) is 0 Å². The van der Waals surface area contributed by atoms with E-state index in [1.54, 1.807) is 0 Å². The minimum Gasteiger partial charge on any atom is -0.391 e. The fourth-order valence-electron chi connectivity index (χ4n) is 6.27. The third-order valence-corrected chi connectivity index (χ3v) is 8.73. The number of β-amino-alcohol motifs (C(OH)–C–C–N with tert-alkyl or cyclic N) is 1. The van der Waals surface area contributed by atoms with E-state index in [4.69, 9.17) is 0 Å². The molecule has 12 nitrogen and oxygen atoms in total. The van der Waals surface area contributed by atoms with Crippen molar-refractivity contribution in [2.45, 2.75) is 89.1 Å². The van der Waals surface area contributed by atoms with Gasteiger partial charge in [0.05, 0.1) is 12.1 Å². The van der Waals surface area contributed by atoms with Crippen LogP contribution in [0, 0.1) is 11.8 Å². The highest BCUT2D eigenvalue weighted by Crippen LogP contribution is 2.20. The number of hydrogen-bond donors (Lipinski definition) is 4. The van der Waals surface area contributed by atoms with Gasteiger partial charge in [0.25, 0.3) is 0 Å². The average molecular weight is 641 g/mol. The maximum Gasteiger partial charge on any atom is 0.245 e. The Bertz CT molecular complexity index is 1170. The van der Waals surface area contributed by atoms with Crippen LogP contribution in [0.1, 0.15) is 57.9 Å². The Hall–Kier alpha value is -3.29. The second kappa shape index (κ2) is 18.2. The molecule has 0 radical (unpaired) electrons. The van der Waals surface area contributed by atoms with Crippen molar-refractivity contribution in [1.29, 1.82) is 0 Å². The summed E-state index contributed by atoms with van der Waals surface area (Å²) in [4.78, 5) is 71.8. The molecule has 2 fully saturated rings. The van der Waals surface area contributed by atoms with E-state index in [-0.39, 0.29) is 37.1 Å². The smallest absolute Gasteiger partial charge is 0.245 e. The van der Waals surface area contributed by atoms with E-state index in [1.807, 2.05) is 71.2 Å². The van der Waals surface area contributed by atoms with E-state index < -0.39 is 48.0 Å². The molecule has 4 N–H and O–H groups in total. The van der Waals surface area contributed by atoms with Gasteiger partial charge in [0.2, 0.25) is 23.6 Å². The number of nitrogens with zero attached hydrogens (tertiary/aromatic N) is 3. The van der Waals surface area contributed by atoms with Crippen LogP contribution in [0.15, 0.2) is 30.3 Å². The van der Waals surface area contributed by atoms with Crippen LogP contribution in [0.25, 0.3) is 0 Å². The minimum atomic E-state index is -0.961. The van der Waals surface area contributed by atoms with Gasteiger partial charge in [0, 0.05) is 25.3 Å². The Labute approximate surface area is 274 Å². The van der Waals surface area contributed by atoms with Gasteiger partial charge >= 0.3 is 0 Å². The molecule has 6 atom stereocenters. The molecule has 0 saturated carbocycles. The topological polar surface area (TPSA) is 151 Å². The summed E-state index contributed by atoms with van der Waals surface area (Å²) in [5.41, 5.74) is 0.873. The standard InChI is InChI=1S/C33H53BN6O6/c1-22(2)16-29(33(46)40-20-26(42)18-25(40)21-41)37-31(44)27(13-9-14-38(3)4)35-32(45)28(17-23-10-6-5-7-11-23)36-30(43)24-12-8-15-39(34)19-24/h5-7,10-11,21-22,24-29,42H,8-9,12-20,34H2,1-4H3,(H,35,45)(H,36,43)(H,37,44). The van der Waals surface area contributed by atoms with E-state index >= 15 is 0 Å². The molecule has 0 aliphatic carbocycles. The van der Waals surface area contributed by atoms with E-state index in [2.05, 4.69) is 20.8 Å². The Morgan fingerprint density at radius 2 is 1.70 bits per heavy atom. The summed E-state index contributed by atoms with van der Waals surface area (Å²) >= 11 is 0. The Morgan fingerprint density at radius 3 is 2.33 bits per heavy atom. The lowest BCUT2D eigenvalue weighted by molar-refractivity contribution is -0.140. The van der Waals surface area contributed by atoms with Crippen molar-refractivity contribution in [2.24, 2.45) is 11.8 Å². The molecule has 2 aliphatic heterocycles. The van der Waals surface area contributed by atoms with Gasteiger partial charge in [-0.1, -0.05) is 44.2 Å². The van der Waals surface area contributed by atoms with Gasteiger partial charge in [-0.05, 0) is 77.3 Å². The fourth-order valence-corrected chi connectivity index (χ4v) is 6.27. The molecule has 1 aromatic carbocycles. The van der Waals surface area contributed by atoms with Crippen molar-refractivity contribution in [3.05, 3.63) is 35.9 Å². The molecule has 2 heterocycles. The molecule has 2 aliphatic rings. The number of aliphatic hydroxyl groups is 1. The summed E-state index contributed by atoms with van der Waals surface area (Å²) in [6.07, 6.45) is 3.15. The molecule has 0 aromatic heterocycles. The van der Waals surface area contributed by atoms with Gasteiger partial charge in [-0.15, -0.1) is 0 Å². The lowest BCUT2D eigenvalue weighted by atomic mass is 9.94. The largest absolute Gasteiger partial charge is 0.391 e. The Morgan fingerprint density at radius 1 is 1.02 bits per heavy atom. The van der Waals surface area contributed by atoms with Gasteiger partial charge in [-0.3, -0.25) is 19.2 Å². The molecule has 0 bridgehead atoms. The van der Waals surface area contributed by atoms with Crippen LogP contribution >= 0.6 is 0 Å². The Balaban J connectivity index is 1.81. The van der Waals surface area contributed by atoms with Crippen molar-refractivity contribution in [2.75, 3.05) is 40.3 Å². The van der Waals surface area contributed by atoms with E-state index in [0.717, 1.165) is 24.9 Å². The van der Waals surface area contributed by atoms with E-state index in [1.165, 1.54) is 4.90 Å². The van der Waals surface area contributed by atoms with Gasteiger partial charge in [-0.25, -0.2) is 0 Å². The maximum absolute atomic E-state index is 13.9. The highest BCUT2D eigenvalue weighted by atomic mass is 16.3. The molecule has 13 heteroatoms. The number of carbonyl (C=O) groups is 5. The molecule has 1 aromatic rings. The predicted molar refractivity (Wildman–Crippen MR) is 178 cm³/mol. The van der Waals surface area contributed by atoms with Crippen LogP contribution in [-0.4, -0.2) is 128 Å². The lowest BCUT2D eigenvalue weighted by Gasteiger charge is -2.31. The molecule has 3 rings (SSSR count). The molecular formula is C33H53BN6O6. The van der Waals surface area contributed by atoms with Crippen LogP contribution in [0.4, 0.5) is 0 Å². The van der Waals surface area contributed by atoms with Crippen LogP contribution < -0.4 is 16.0 Å². The number of likely N-dealkylation sites (tertiary alicyclic amines) is 1. The fraction of sp³-hybridized carbons (Fsp3) is 0.667. The maximum atomic E-state index is 13.9. The molecule has 4 amide bonds. The number of aldehydes is 1. The monoisotopic (exact) mass is 640 g/mol. The summed E-state index contributed by atoms with van der Waals surface area (Å²) in [5.74, 6) is -1.78. The zero-order chi connectivity index (χ0) is 33.8.